The number of benzene rings is 1. The Bertz CT molecular complexity index is 649. The summed E-state index contributed by atoms with van der Waals surface area (Å²) in [6.07, 6.45) is 0. The van der Waals surface area contributed by atoms with E-state index < -0.39 is 0 Å². The Morgan fingerprint density at radius 1 is 1.42 bits per heavy atom. The Hall–Kier alpha value is -1.42. The number of nitrogen functional groups attached to an aromatic ring is 1. The van der Waals surface area contributed by atoms with Gasteiger partial charge in [0.1, 0.15) is 0 Å². The second-order valence-corrected chi connectivity index (χ2v) is 5.84. The number of nitrogens with two attached hydrogens (primary N) is 1. The summed E-state index contributed by atoms with van der Waals surface area (Å²) >= 11 is 13.2. The summed E-state index contributed by atoms with van der Waals surface area (Å²) in [5, 5.41) is 17.9. The lowest BCUT2D eigenvalue weighted by Gasteiger charge is -2.06. The Morgan fingerprint density at radius 3 is 2.79 bits per heavy atom. The maximum Gasteiger partial charge on any atom is 0.211 e. The van der Waals surface area contributed by atoms with Crippen LogP contribution in [0.5, 0.6) is 0 Å². The normalized spacial score (nSPS) is 12.1. The van der Waals surface area contributed by atoms with Gasteiger partial charge in [0.05, 0.1) is 16.3 Å². The maximum atomic E-state index is 8.78. The van der Waals surface area contributed by atoms with E-state index in [2.05, 4.69) is 16.3 Å². The van der Waals surface area contributed by atoms with E-state index in [-0.39, 0.29) is 5.25 Å². The molecule has 0 radical (unpaired) electrons. The molecule has 1 unspecified atom stereocenters. The number of halogens is 2. The van der Waals surface area contributed by atoms with E-state index in [1.807, 2.05) is 0 Å². The van der Waals surface area contributed by atoms with Crippen molar-refractivity contribution in [3.05, 3.63) is 28.2 Å². The highest BCUT2D eigenvalue weighted by atomic mass is 35.5. The summed E-state index contributed by atoms with van der Waals surface area (Å²) in [5.41, 5.74) is 0.637. The highest BCUT2D eigenvalue weighted by molar-refractivity contribution is 8.00. The van der Waals surface area contributed by atoms with E-state index in [1.165, 1.54) is 16.4 Å². The first kappa shape index (κ1) is 14.0. The molecule has 0 amide bonds. The van der Waals surface area contributed by atoms with Crippen molar-refractivity contribution < 1.29 is 0 Å². The molecule has 0 bridgehead atoms. The lowest BCUT2D eigenvalue weighted by molar-refractivity contribution is 0.848. The number of hydrogen-bond donors (Lipinski definition) is 1. The van der Waals surface area contributed by atoms with E-state index in [0.717, 1.165) is 0 Å². The first-order valence-corrected chi connectivity index (χ1v) is 6.88. The van der Waals surface area contributed by atoms with Gasteiger partial charge in [0.25, 0.3) is 0 Å². The summed E-state index contributed by atoms with van der Waals surface area (Å²) in [5.74, 6) is 6.34. The molecule has 5 nitrogen and oxygen atoms in total. The van der Waals surface area contributed by atoms with Crippen LogP contribution in [0.1, 0.15) is 6.92 Å². The lowest BCUT2D eigenvalue weighted by Crippen LogP contribution is -2.12. The summed E-state index contributed by atoms with van der Waals surface area (Å²) in [7, 11) is 0. The molecule has 98 valence electrons. The number of hydrogen-bond acceptors (Lipinski definition) is 5. The second-order valence-electron chi connectivity index (χ2n) is 3.69. The minimum atomic E-state index is -0.264. The standard InChI is InChI=1S/C11H9Cl2N5S/c1-6(5-14)19-11-17-16-10(18(11)15)8-3-2-7(12)4-9(8)13/h2-4,6H,15H2,1H3. The Morgan fingerprint density at radius 2 is 2.16 bits per heavy atom. The molecule has 2 N–H and O–H groups in total. The van der Waals surface area contributed by atoms with Gasteiger partial charge in [0.2, 0.25) is 5.16 Å². The summed E-state index contributed by atoms with van der Waals surface area (Å²) in [4.78, 5) is 0. The number of aromatic nitrogens is 3. The van der Waals surface area contributed by atoms with Crippen molar-refractivity contribution >= 4 is 35.0 Å². The van der Waals surface area contributed by atoms with Crippen LogP contribution in [0.2, 0.25) is 10.0 Å². The van der Waals surface area contributed by atoms with Gasteiger partial charge in [-0.15, -0.1) is 10.2 Å². The highest BCUT2D eigenvalue weighted by Gasteiger charge is 2.16. The molecule has 1 aromatic heterocycles. The van der Waals surface area contributed by atoms with Gasteiger partial charge in [-0.3, -0.25) is 0 Å². The number of nitrogens with zero attached hydrogens (tertiary/aromatic N) is 4. The fourth-order valence-corrected chi connectivity index (χ4v) is 2.55. The summed E-state index contributed by atoms with van der Waals surface area (Å²) in [6.45, 7) is 1.76. The Kier molecular flexibility index (Phi) is 4.20. The van der Waals surface area contributed by atoms with Crippen LogP contribution < -0.4 is 5.84 Å². The maximum absolute atomic E-state index is 8.78. The predicted octanol–water partition coefficient (Wildman–Crippen LogP) is 2.97. The van der Waals surface area contributed by atoms with Gasteiger partial charge in [0.15, 0.2) is 5.82 Å². The fourth-order valence-electron chi connectivity index (χ4n) is 1.40. The molecule has 19 heavy (non-hydrogen) atoms. The van der Waals surface area contributed by atoms with Crippen LogP contribution in [-0.4, -0.2) is 20.1 Å². The Balaban J connectivity index is 2.39. The molecular weight excluding hydrogens is 305 g/mol. The molecule has 1 heterocycles. The van der Waals surface area contributed by atoms with Crippen molar-refractivity contribution in [2.24, 2.45) is 0 Å². The van der Waals surface area contributed by atoms with Crippen LogP contribution >= 0.6 is 35.0 Å². The zero-order chi connectivity index (χ0) is 14.0. The molecule has 0 aliphatic rings. The van der Waals surface area contributed by atoms with Crippen molar-refractivity contribution in [3.63, 3.8) is 0 Å². The van der Waals surface area contributed by atoms with Gasteiger partial charge >= 0.3 is 0 Å². The largest absolute Gasteiger partial charge is 0.335 e. The molecule has 0 aliphatic heterocycles. The molecule has 0 saturated carbocycles. The zero-order valence-corrected chi connectivity index (χ0v) is 12.2. The summed E-state index contributed by atoms with van der Waals surface area (Å²) < 4.78 is 1.31. The van der Waals surface area contributed by atoms with Gasteiger partial charge in [-0.25, -0.2) is 4.68 Å². The number of thioether (sulfide) groups is 1. The van der Waals surface area contributed by atoms with Crippen molar-refractivity contribution in [3.8, 4) is 17.5 Å². The number of nitriles is 1. The van der Waals surface area contributed by atoms with E-state index in [1.54, 1.807) is 25.1 Å². The van der Waals surface area contributed by atoms with Crippen LogP contribution in [0, 0.1) is 11.3 Å². The van der Waals surface area contributed by atoms with E-state index in [0.29, 0.717) is 26.6 Å². The van der Waals surface area contributed by atoms with Gasteiger partial charge in [-0.05, 0) is 25.1 Å². The van der Waals surface area contributed by atoms with Crippen molar-refractivity contribution in [2.75, 3.05) is 5.84 Å². The third-order valence-corrected chi connectivity index (χ3v) is 3.80. The third kappa shape index (κ3) is 2.95. The van der Waals surface area contributed by atoms with E-state index >= 15 is 0 Å². The van der Waals surface area contributed by atoms with Crippen LogP contribution in [0.25, 0.3) is 11.4 Å². The third-order valence-electron chi connectivity index (χ3n) is 2.30. The van der Waals surface area contributed by atoms with Crippen molar-refractivity contribution in [1.82, 2.24) is 14.9 Å². The van der Waals surface area contributed by atoms with Gasteiger partial charge in [-0.2, -0.15) is 5.26 Å². The van der Waals surface area contributed by atoms with Gasteiger partial charge < -0.3 is 5.84 Å². The minimum Gasteiger partial charge on any atom is -0.335 e. The fraction of sp³-hybridized carbons (Fsp3) is 0.182. The summed E-state index contributed by atoms with van der Waals surface area (Å²) in [6, 6.07) is 7.12. The molecule has 0 spiro atoms. The van der Waals surface area contributed by atoms with Crippen LogP contribution in [-0.2, 0) is 0 Å². The van der Waals surface area contributed by atoms with Crippen molar-refractivity contribution in [1.29, 1.82) is 5.26 Å². The topological polar surface area (TPSA) is 80.5 Å². The predicted molar refractivity (Wildman–Crippen MR) is 76.6 cm³/mol. The van der Waals surface area contributed by atoms with E-state index in [4.69, 9.17) is 34.3 Å². The van der Waals surface area contributed by atoms with Crippen LogP contribution in [0.3, 0.4) is 0 Å². The molecule has 1 aromatic carbocycles. The molecule has 0 aliphatic carbocycles. The number of rotatable bonds is 3. The second kappa shape index (κ2) is 5.70. The molecule has 0 saturated heterocycles. The first-order chi connectivity index (χ1) is 9.02. The quantitative estimate of drug-likeness (QED) is 0.696. The molecule has 2 aromatic rings. The van der Waals surface area contributed by atoms with Crippen LogP contribution in [0.15, 0.2) is 23.4 Å². The van der Waals surface area contributed by atoms with Gasteiger partial charge in [-0.1, -0.05) is 35.0 Å². The molecule has 2 rings (SSSR count). The molecule has 0 fully saturated rings. The lowest BCUT2D eigenvalue weighted by atomic mass is 10.2. The Labute approximate surface area is 124 Å². The molecular formula is C11H9Cl2N5S. The molecule has 8 heteroatoms. The first-order valence-electron chi connectivity index (χ1n) is 5.25. The van der Waals surface area contributed by atoms with Gasteiger partial charge in [0, 0.05) is 10.6 Å². The highest BCUT2D eigenvalue weighted by Crippen LogP contribution is 2.30. The van der Waals surface area contributed by atoms with Crippen molar-refractivity contribution in [2.45, 2.75) is 17.3 Å². The smallest absolute Gasteiger partial charge is 0.211 e. The molecule has 1 atom stereocenters. The van der Waals surface area contributed by atoms with Crippen LogP contribution in [0.4, 0.5) is 0 Å². The van der Waals surface area contributed by atoms with E-state index in [9.17, 15) is 0 Å². The average molecular weight is 314 g/mol. The monoisotopic (exact) mass is 313 g/mol. The SMILES string of the molecule is CC(C#N)Sc1nnc(-c2ccc(Cl)cc2Cl)n1N. The average Bonchev–Trinajstić information content (AvgIpc) is 2.71. The minimum absolute atomic E-state index is 0.264. The zero-order valence-electron chi connectivity index (χ0n) is 9.84.